The number of aliphatic hydroxyl groups is 1. The number of hydrogen-bond acceptors (Lipinski definition) is 3. The molecule has 124 valence electrons. The third kappa shape index (κ3) is 7.16. The van der Waals surface area contributed by atoms with Gasteiger partial charge in [-0.05, 0) is 25.0 Å². The highest BCUT2D eigenvalue weighted by atomic mass is 19.4. The van der Waals surface area contributed by atoms with E-state index in [0.29, 0.717) is 18.5 Å². The van der Waals surface area contributed by atoms with Gasteiger partial charge in [0.05, 0.1) is 0 Å². The molecule has 0 fully saturated rings. The number of hydrogen-bond donors (Lipinski definition) is 3. The fraction of sp³-hybridized carbons (Fsp3) is 0.500. The first-order chi connectivity index (χ1) is 10.3. The number of carbonyl (C=O) groups is 1. The van der Waals surface area contributed by atoms with Gasteiger partial charge in [0, 0.05) is 25.3 Å². The van der Waals surface area contributed by atoms with Crippen LogP contribution in [0.3, 0.4) is 0 Å². The first-order valence-corrected chi connectivity index (χ1v) is 6.73. The van der Waals surface area contributed by atoms with Crippen LogP contribution in [0.1, 0.15) is 17.5 Å². The first-order valence-electron chi connectivity index (χ1n) is 6.73. The lowest BCUT2D eigenvalue weighted by molar-refractivity contribution is -0.153. The number of benzene rings is 1. The maximum atomic E-state index is 12.2. The van der Waals surface area contributed by atoms with Gasteiger partial charge in [-0.3, -0.25) is 0 Å². The molecule has 0 aliphatic heterocycles. The monoisotopic (exact) mass is 320 g/mol. The van der Waals surface area contributed by atoms with Crippen LogP contribution in [0, 0.1) is 6.92 Å². The van der Waals surface area contributed by atoms with Crippen LogP contribution in [0.15, 0.2) is 18.2 Å². The summed E-state index contributed by atoms with van der Waals surface area (Å²) in [5.41, 5.74) is 1.21. The minimum atomic E-state index is -4.42. The van der Waals surface area contributed by atoms with Crippen LogP contribution in [-0.2, 0) is 6.54 Å². The zero-order valence-electron chi connectivity index (χ0n) is 12.2. The van der Waals surface area contributed by atoms with Crippen molar-refractivity contribution in [3.8, 4) is 5.75 Å². The van der Waals surface area contributed by atoms with Crippen LogP contribution in [0.4, 0.5) is 18.0 Å². The van der Waals surface area contributed by atoms with Crippen LogP contribution in [0.25, 0.3) is 0 Å². The highest BCUT2D eigenvalue weighted by molar-refractivity contribution is 5.73. The van der Waals surface area contributed by atoms with E-state index < -0.39 is 18.8 Å². The summed E-state index contributed by atoms with van der Waals surface area (Å²) in [5.74, 6) is 0.0907. The van der Waals surface area contributed by atoms with Gasteiger partial charge in [0.1, 0.15) is 5.75 Å². The first kappa shape index (κ1) is 18.1. The molecule has 0 heterocycles. The van der Waals surface area contributed by atoms with Crippen LogP contribution < -0.4 is 15.4 Å². The Morgan fingerprint density at radius 3 is 2.68 bits per heavy atom. The number of ether oxygens (including phenoxy) is 1. The number of urea groups is 1. The van der Waals surface area contributed by atoms with E-state index in [1.165, 1.54) is 6.07 Å². The van der Waals surface area contributed by atoms with Crippen LogP contribution in [-0.4, -0.2) is 37.1 Å². The number of halogens is 3. The second-order valence-corrected chi connectivity index (χ2v) is 4.70. The average molecular weight is 320 g/mol. The number of alkyl halides is 3. The summed E-state index contributed by atoms with van der Waals surface area (Å²) in [6.45, 7) is 0.672. The van der Waals surface area contributed by atoms with Crippen molar-refractivity contribution in [2.75, 3.05) is 19.8 Å². The average Bonchev–Trinajstić information content (AvgIpc) is 2.43. The molecule has 5 nitrogen and oxygen atoms in total. The summed E-state index contributed by atoms with van der Waals surface area (Å²) in [7, 11) is 0. The second-order valence-electron chi connectivity index (χ2n) is 4.70. The lowest BCUT2D eigenvalue weighted by atomic mass is 10.1. The van der Waals surface area contributed by atoms with Crippen molar-refractivity contribution in [3.05, 3.63) is 29.3 Å². The molecule has 0 atom stereocenters. The maximum Gasteiger partial charge on any atom is 0.422 e. The lowest BCUT2D eigenvalue weighted by Crippen LogP contribution is -2.36. The molecule has 2 amide bonds. The molecule has 0 bridgehead atoms. The highest BCUT2D eigenvalue weighted by Gasteiger charge is 2.28. The Hall–Kier alpha value is -1.96. The van der Waals surface area contributed by atoms with Gasteiger partial charge < -0.3 is 20.5 Å². The van der Waals surface area contributed by atoms with Crippen LogP contribution in [0.5, 0.6) is 5.75 Å². The normalized spacial score (nSPS) is 11.1. The molecule has 1 aromatic rings. The van der Waals surface area contributed by atoms with Crippen molar-refractivity contribution < 1.29 is 27.8 Å². The van der Waals surface area contributed by atoms with Crippen molar-refractivity contribution in [3.63, 3.8) is 0 Å². The molecule has 8 heteroatoms. The third-order valence-corrected chi connectivity index (χ3v) is 2.67. The zero-order chi connectivity index (χ0) is 16.6. The summed E-state index contributed by atoms with van der Waals surface area (Å²) < 4.78 is 41.5. The van der Waals surface area contributed by atoms with Crippen LogP contribution >= 0.6 is 0 Å². The van der Waals surface area contributed by atoms with Crippen molar-refractivity contribution >= 4 is 6.03 Å². The molecule has 0 saturated carbocycles. The molecule has 0 aliphatic rings. The number of aliphatic hydroxyl groups excluding tert-OH is 1. The van der Waals surface area contributed by atoms with Gasteiger partial charge >= 0.3 is 12.2 Å². The molecule has 0 saturated heterocycles. The zero-order valence-corrected chi connectivity index (χ0v) is 12.2. The molecule has 3 N–H and O–H groups in total. The smallest absolute Gasteiger partial charge is 0.422 e. The summed E-state index contributed by atoms with van der Waals surface area (Å²) in [6, 6.07) is 4.36. The second kappa shape index (κ2) is 8.47. The van der Waals surface area contributed by atoms with Gasteiger partial charge in [-0.15, -0.1) is 0 Å². The van der Waals surface area contributed by atoms with Gasteiger partial charge in [-0.25, -0.2) is 4.79 Å². The van der Waals surface area contributed by atoms with E-state index in [0.717, 1.165) is 5.56 Å². The van der Waals surface area contributed by atoms with Gasteiger partial charge in [0.15, 0.2) is 6.61 Å². The van der Waals surface area contributed by atoms with Crippen molar-refractivity contribution in [1.82, 2.24) is 10.6 Å². The number of carbonyl (C=O) groups excluding carboxylic acids is 1. The van der Waals surface area contributed by atoms with Crippen molar-refractivity contribution in [2.45, 2.75) is 26.1 Å². The summed E-state index contributed by atoms with van der Waals surface area (Å²) >= 11 is 0. The number of nitrogens with one attached hydrogen (secondary N) is 2. The minimum absolute atomic E-state index is 0.0341. The number of amides is 2. The summed E-state index contributed by atoms with van der Waals surface area (Å²) in [4.78, 5) is 11.5. The number of rotatable bonds is 7. The van der Waals surface area contributed by atoms with E-state index in [9.17, 15) is 18.0 Å². The summed E-state index contributed by atoms with van der Waals surface area (Å²) in [5, 5.41) is 13.6. The third-order valence-electron chi connectivity index (χ3n) is 2.67. The molecule has 0 radical (unpaired) electrons. The Bertz CT molecular complexity index is 493. The molecule has 0 aliphatic carbocycles. The van der Waals surface area contributed by atoms with Gasteiger partial charge in [0.2, 0.25) is 0 Å². The van der Waals surface area contributed by atoms with Crippen LogP contribution in [0.2, 0.25) is 0 Å². The molecule has 1 aromatic carbocycles. The molecule has 0 aromatic heterocycles. The Labute approximate surface area is 126 Å². The van der Waals surface area contributed by atoms with E-state index in [1.807, 2.05) is 0 Å². The largest absolute Gasteiger partial charge is 0.484 e. The van der Waals surface area contributed by atoms with Gasteiger partial charge in [-0.2, -0.15) is 13.2 Å². The summed E-state index contributed by atoms with van der Waals surface area (Å²) in [6.07, 6.45) is -3.99. The van der Waals surface area contributed by atoms with Gasteiger partial charge in [0.25, 0.3) is 0 Å². The minimum Gasteiger partial charge on any atom is -0.484 e. The van der Waals surface area contributed by atoms with Gasteiger partial charge in [-0.1, -0.05) is 12.1 Å². The molecule has 0 unspecified atom stereocenters. The Balaban J connectivity index is 2.60. The van der Waals surface area contributed by atoms with E-state index in [1.54, 1.807) is 19.1 Å². The molecule has 1 rings (SSSR count). The maximum absolute atomic E-state index is 12.2. The predicted octanol–water partition coefficient (Wildman–Crippen LogP) is 2.12. The lowest BCUT2D eigenvalue weighted by Gasteiger charge is -2.14. The Morgan fingerprint density at radius 1 is 1.32 bits per heavy atom. The quantitative estimate of drug-likeness (QED) is 0.674. The predicted molar refractivity (Wildman–Crippen MR) is 74.7 cm³/mol. The van der Waals surface area contributed by atoms with E-state index in [-0.39, 0.29) is 18.9 Å². The van der Waals surface area contributed by atoms with E-state index >= 15 is 0 Å². The SMILES string of the molecule is Cc1ccc(CNC(=O)NCCCO)c(OCC(F)(F)F)c1. The molecular weight excluding hydrogens is 301 g/mol. The molecule has 22 heavy (non-hydrogen) atoms. The van der Waals surface area contributed by atoms with Crippen molar-refractivity contribution in [1.29, 1.82) is 0 Å². The van der Waals surface area contributed by atoms with E-state index in [4.69, 9.17) is 9.84 Å². The Morgan fingerprint density at radius 2 is 2.05 bits per heavy atom. The Kier molecular flexibility index (Phi) is 6.97. The fourth-order valence-electron chi connectivity index (χ4n) is 1.62. The topological polar surface area (TPSA) is 70.6 Å². The number of aryl methyl sites for hydroxylation is 1. The molecular formula is C14H19F3N2O3. The standard InChI is InChI=1S/C14H19F3N2O3/c1-10-3-4-11(8-19-13(21)18-5-2-6-20)12(7-10)22-9-14(15,16)17/h3-4,7,20H,2,5-6,8-9H2,1H3,(H2,18,19,21). The fourth-order valence-corrected chi connectivity index (χ4v) is 1.62. The van der Waals surface area contributed by atoms with E-state index in [2.05, 4.69) is 10.6 Å². The molecule has 0 spiro atoms. The highest BCUT2D eigenvalue weighted by Crippen LogP contribution is 2.23. The van der Waals surface area contributed by atoms with Crippen molar-refractivity contribution in [2.24, 2.45) is 0 Å².